The zero-order valence-corrected chi connectivity index (χ0v) is 19.2. The third kappa shape index (κ3) is 6.08. The van der Waals surface area contributed by atoms with E-state index in [0.29, 0.717) is 62.1 Å². The van der Waals surface area contributed by atoms with Crippen LogP contribution in [0.3, 0.4) is 0 Å². The van der Waals surface area contributed by atoms with Gasteiger partial charge < -0.3 is 25.2 Å². The third-order valence-corrected chi connectivity index (χ3v) is 6.16. The second-order valence-electron chi connectivity index (χ2n) is 8.28. The van der Waals surface area contributed by atoms with Crippen molar-refractivity contribution < 1.29 is 9.53 Å². The van der Waals surface area contributed by atoms with Gasteiger partial charge in [0.25, 0.3) is 0 Å². The van der Waals surface area contributed by atoms with Crippen LogP contribution in [0.15, 0.2) is 18.6 Å². The molecule has 0 spiro atoms. The van der Waals surface area contributed by atoms with Gasteiger partial charge in [-0.3, -0.25) is 9.48 Å². The number of anilines is 3. The smallest absolute Gasteiger partial charge is 0.229 e. The predicted octanol–water partition coefficient (Wildman–Crippen LogP) is 2.39. The number of halogens is 1. The molecular formula is C21H31ClN8O2. The Labute approximate surface area is 193 Å². The lowest BCUT2D eigenvalue weighted by atomic mass is 10.1. The first-order valence-corrected chi connectivity index (χ1v) is 11.6. The molecule has 2 N–H and O–H groups in total. The van der Waals surface area contributed by atoms with Crippen LogP contribution >= 0.6 is 11.6 Å². The number of ether oxygens (including phenoxy) is 1. The summed E-state index contributed by atoms with van der Waals surface area (Å²) in [6.07, 6.45) is 8.82. The molecule has 0 atom stereocenters. The molecule has 4 rings (SSSR count). The van der Waals surface area contributed by atoms with Gasteiger partial charge in [-0.25, -0.2) is 4.98 Å². The molecule has 10 nitrogen and oxygen atoms in total. The van der Waals surface area contributed by atoms with Gasteiger partial charge in [0.05, 0.1) is 43.8 Å². The highest BCUT2D eigenvalue weighted by Gasteiger charge is 2.19. The standard InChI is InChI=1S/C21H31ClN8O2/c1-28-8-3-17(4-9-28)30-15-16(13-25-30)26-21-24-14-18(22)20(27-21)23-6-2-7-29-10-12-32-11-5-19(29)31/h13-15,17H,2-12H2,1H3,(H2,23,24,26,27). The van der Waals surface area contributed by atoms with Crippen molar-refractivity contribution in [3.8, 4) is 0 Å². The molecule has 0 unspecified atom stereocenters. The Morgan fingerprint density at radius 3 is 2.91 bits per heavy atom. The van der Waals surface area contributed by atoms with Crippen molar-refractivity contribution >= 4 is 35.0 Å². The molecule has 2 saturated heterocycles. The van der Waals surface area contributed by atoms with Crippen LogP contribution in [0.5, 0.6) is 0 Å². The number of rotatable bonds is 8. The van der Waals surface area contributed by atoms with Gasteiger partial charge in [0.15, 0.2) is 0 Å². The fourth-order valence-corrected chi connectivity index (χ4v) is 4.13. The molecular weight excluding hydrogens is 432 g/mol. The molecule has 0 aromatic carbocycles. The SMILES string of the molecule is CN1CCC(n2cc(Nc3ncc(Cl)c(NCCCN4CCOCCC4=O)n3)cn2)CC1. The van der Waals surface area contributed by atoms with Crippen LogP contribution in [0, 0.1) is 0 Å². The van der Waals surface area contributed by atoms with Crippen LogP contribution < -0.4 is 10.6 Å². The van der Waals surface area contributed by atoms with Crippen molar-refractivity contribution in [2.75, 3.05) is 63.6 Å². The number of hydrogen-bond donors (Lipinski definition) is 2. The van der Waals surface area contributed by atoms with E-state index in [1.165, 1.54) is 0 Å². The van der Waals surface area contributed by atoms with Crippen LogP contribution in [0.4, 0.5) is 17.5 Å². The number of piperidine rings is 1. The second-order valence-corrected chi connectivity index (χ2v) is 8.69. The Morgan fingerprint density at radius 1 is 1.22 bits per heavy atom. The normalized spacial score (nSPS) is 18.6. The largest absolute Gasteiger partial charge is 0.379 e. The molecule has 0 aliphatic carbocycles. The molecule has 2 aliphatic heterocycles. The van der Waals surface area contributed by atoms with Gasteiger partial charge in [0.1, 0.15) is 10.8 Å². The van der Waals surface area contributed by atoms with Crippen LogP contribution in [0.25, 0.3) is 0 Å². The van der Waals surface area contributed by atoms with Crippen molar-refractivity contribution in [1.82, 2.24) is 29.5 Å². The molecule has 0 bridgehead atoms. The van der Waals surface area contributed by atoms with Gasteiger partial charge in [-0.05, 0) is 39.4 Å². The molecule has 1 amide bonds. The topological polar surface area (TPSA) is 100 Å². The summed E-state index contributed by atoms with van der Waals surface area (Å²) in [5.41, 5.74) is 0.846. The number of aromatic nitrogens is 4. The first-order valence-electron chi connectivity index (χ1n) is 11.2. The number of likely N-dealkylation sites (tertiary alicyclic amines) is 1. The summed E-state index contributed by atoms with van der Waals surface area (Å²) in [6.45, 7) is 5.25. The maximum atomic E-state index is 12.0. The first kappa shape index (κ1) is 22.8. The minimum Gasteiger partial charge on any atom is -0.379 e. The fourth-order valence-electron chi connectivity index (χ4n) is 3.97. The zero-order chi connectivity index (χ0) is 22.3. The maximum Gasteiger partial charge on any atom is 0.229 e. The van der Waals surface area contributed by atoms with Crippen LogP contribution in [0.1, 0.15) is 31.7 Å². The average molecular weight is 463 g/mol. The van der Waals surface area contributed by atoms with Crippen molar-refractivity contribution in [3.63, 3.8) is 0 Å². The molecule has 0 saturated carbocycles. The van der Waals surface area contributed by atoms with Gasteiger partial charge >= 0.3 is 0 Å². The Hall–Kier alpha value is -2.43. The quantitative estimate of drug-likeness (QED) is 0.577. The van der Waals surface area contributed by atoms with Crippen LogP contribution in [0.2, 0.25) is 5.02 Å². The molecule has 32 heavy (non-hydrogen) atoms. The second kappa shape index (κ2) is 10.9. The summed E-state index contributed by atoms with van der Waals surface area (Å²) in [6, 6.07) is 0.424. The highest BCUT2D eigenvalue weighted by molar-refractivity contribution is 6.32. The lowest BCUT2D eigenvalue weighted by Gasteiger charge is -2.28. The lowest BCUT2D eigenvalue weighted by molar-refractivity contribution is -0.130. The highest BCUT2D eigenvalue weighted by atomic mass is 35.5. The van der Waals surface area contributed by atoms with E-state index in [0.717, 1.165) is 38.0 Å². The summed E-state index contributed by atoms with van der Waals surface area (Å²) < 4.78 is 7.39. The van der Waals surface area contributed by atoms with Crippen LogP contribution in [-0.2, 0) is 9.53 Å². The van der Waals surface area contributed by atoms with E-state index in [4.69, 9.17) is 16.3 Å². The minimum absolute atomic E-state index is 0.148. The molecule has 2 fully saturated rings. The molecule has 174 valence electrons. The van der Waals surface area contributed by atoms with Gasteiger partial charge in [0, 0.05) is 25.8 Å². The van der Waals surface area contributed by atoms with Crippen molar-refractivity contribution in [2.24, 2.45) is 0 Å². The van der Waals surface area contributed by atoms with Gasteiger partial charge in [-0.1, -0.05) is 11.6 Å². The molecule has 11 heteroatoms. The third-order valence-electron chi connectivity index (χ3n) is 5.88. The van der Waals surface area contributed by atoms with Crippen LogP contribution in [-0.4, -0.2) is 88.4 Å². The van der Waals surface area contributed by atoms with E-state index in [2.05, 4.69) is 37.6 Å². The average Bonchev–Trinajstić information content (AvgIpc) is 3.15. The Balaban J connectivity index is 1.28. The predicted molar refractivity (Wildman–Crippen MR) is 123 cm³/mol. The molecule has 2 aromatic heterocycles. The van der Waals surface area contributed by atoms with Gasteiger partial charge in [-0.15, -0.1) is 0 Å². The molecule has 2 aromatic rings. The van der Waals surface area contributed by atoms with E-state index >= 15 is 0 Å². The van der Waals surface area contributed by atoms with Crippen molar-refractivity contribution in [3.05, 3.63) is 23.6 Å². The number of nitrogens with zero attached hydrogens (tertiary/aromatic N) is 6. The summed E-state index contributed by atoms with van der Waals surface area (Å²) in [4.78, 5) is 25.0. The Morgan fingerprint density at radius 2 is 2.06 bits per heavy atom. The summed E-state index contributed by atoms with van der Waals surface area (Å²) >= 11 is 6.27. The van der Waals surface area contributed by atoms with E-state index in [-0.39, 0.29) is 5.91 Å². The first-order chi connectivity index (χ1) is 15.6. The monoisotopic (exact) mass is 462 g/mol. The van der Waals surface area contributed by atoms with E-state index in [1.807, 2.05) is 15.8 Å². The number of amides is 1. The van der Waals surface area contributed by atoms with E-state index < -0.39 is 0 Å². The van der Waals surface area contributed by atoms with Crippen molar-refractivity contribution in [2.45, 2.75) is 31.7 Å². The lowest BCUT2D eigenvalue weighted by Crippen LogP contribution is -2.33. The van der Waals surface area contributed by atoms with Gasteiger partial charge in [0.2, 0.25) is 11.9 Å². The Bertz CT molecular complexity index is 900. The number of carbonyl (C=O) groups is 1. The van der Waals surface area contributed by atoms with Crippen molar-refractivity contribution in [1.29, 1.82) is 0 Å². The number of carbonyl (C=O) groups excluding carboxylic acids is 1. The van der Waals surface area contributed by atoms with E-state index in [1.54, 1.807) is 12.4 Å². The summed E-state index contributed by atoms with van der Waals surface area (Å²) in [5.74, 6) is 1.17. The summed E-state index contributed by atoms with van der Waals surface area (Å²) in [5, 5.41) is 11.4. The van der Waals surface area contributed by atoms with E-state index in [9.17, 15) is 4.79 Å². The molecule has 0 radical (unpaired) electrons. The van der Waals surface area contributed by atoms with Gasteiger partial charge in [-0.2, -0.15) is 10.1 Å². The maximum absolute atomic E-state index is 12.0. The zero-order valence-electron chi connectivity index (χ0n) is 18.5. The fraction of sp³-hybridized carbons (Fsp3) is 0.619. The molecule has 2 aliphatic rings. The number of hydrogen-bond acceptors (Lipinski definition) is 8. The highest BCUT2D eigenvalue weighted by Crippen LogP contribution is 2.24. The Kier molecular flexibility index (Phi) is 7.77. The minimum atomic E-state index is 0.148. The molecule has 4 heterocycles. The number of nitrogens with one attached hydrogen (secondary N) is 2. The summed E-state index contributed by atoms with van der Waals surface area (Å²) in [7, 11) is 2.15.